The molecule has 0 amide bonds. The number of esters is 1. The monoisotopic (exact) mass is 286 g/mol. The van der Waals surface area contributed by atoms with Crippen LogP contribution in [-0.4, -0.2) is 22.5 Å². The topological polar surface area (TPSA) is 43.4 Å². The molecular weight excluding hydrogens is 272 g/mol. The first kappa shape index (κ1) is 14.9. The molecule has 0 bridgehead atoms. The van der Waals surface area contributed by atoms with Crippen LogP contribution in [0.5, 0.6) is 0 Å². The molecule has 0 saturated carbocycles. The second-order valence-corrected chi connectivity index (χ2v) is 6.08. The van der Waals surface area contributed by atoms with Crippen molar-refractivity contribution >= 4 is 28.4 Å². The molecule has 0 radical (unpaired) electrons. The Labute approximate surface area is 114 Å². The molecule has 0 aliphatic rings. The lowest BCUT2D eigenvalue weighted by Gasteiger charge is -2.13. The molecular formula is C13H15ClO3S. The molecule has 1 aromatic carbocycles. The third kappa shape index (κ3) is 3.68. The zero-order chi connectivity index (χ0) is 13.7. The predicted molar refractivity (Wildman–Crippen MR) is 73.1 cm³/mol. The van der Waals surface area contributed by atoms with Gasteiger partial charge >= 0.3 is 5.97 Å². The number of benzene rings is 1. The minimum absolute atomic E-state index is 0.253. The van der Waals surface area contributed by atoms with Gasteiger partial charge in [0.2, 0.25) is 0 Å². The molecule has 5 heteroatoms. The fraction of sp³-hybridized carbons (Fsp3) is 0.308. The number of halogens is 1. The van der Waals surface area contributed by atoms with Crippen molar-refractivity contribution in [1.82, 2.24) is 0 Å². The number of carbonyl (C=O) groups is 1. The van der Waals surface area contributed by atoms with Gasteiger partial charge in [-0.1, -0.05) is 37.2 Å². The SMILES string of the molecule is C=C(C[C@@H](C)[S@](=O)c1ccccc1Cl)C(=O)OC. The van der Waals surface area contributed by atoms with Gasteiger partial charge in [0.15, 0.2) is 0 Å². The molecule has 2 atom stereocenters. The van der Waals surface area contributed by atoms with E-state index in [0.717, 1.165) is 0 Å². The van der Waals surface area contributed by atoms with Gasteiger partial charge in [0.25, 0.3) is 0 Å². The van der Waals surface area contributed by atoms with Crippen molar-refractivity contribution in [2.45, 2.75) is 23.5 Å². The number of ether oxygens (including phenoxy) is 1. The lowest BCUT2D eigenvalue weighted by atomic mass is 10.2. The van der Waals surface area contributed by atoms with Crippen molar-refractivity contribution < 1.29 is 13.7 Å². The molecule has 0 spiro atoms. The van der Waals surface area contributed by atoms with Crippen molar-refractivity contribution in [3.05, 3.63) is 41.4 Å². The highest BCUT2D eigenvalue weighted by Gasteiger charge is 2.19. The van der Waals surface area contributed by atoms with Gasteiger partial charge in [0.05, 0.1) is 27.8 Å². The normalized spacial score (nSPS) is 13.7. The number of rotatable bonds is 5. The zero-order valence-corrected chi connectivity index (χ0v) is 11.9. The molecule has 1 aromatic rings. The summed E-state index contributed by atoms with van der Waals surface area (Å²) in [7, 11) is 0.0155. The summed E-state index contributed by atoms with van der Waals surface area (Å²) in [6.45, 7) is 5.41. The number of hydrogen-bond acceptors (Lipinski definition) is 3. The first-order chi connectivity index (χ1) is 8.47. The highest BCUT2D eigenvalue weighted by atomic mass is 35.5. The van der Waals surface area contributed by atoms with Gasteiger partial charge in [-0.2, -0.15) is 0 Å². The second-order valence-electron chi connectivity index (χ2n) is 3.84. The number of hydrogen-bond donors (Lipinski definition) is 0. The highest BCUT2D eigenvalue weighted by molar-refractivity contribution is 7.85. The first-order valence-corrected chi connectivity index (χ1v) is 6.97. The van der Waals surface area contributed by atoms with Crippen LogP contribution in [0.2, 0.25) is 5.02 Å². The molecule has 0 heterocycles. The average molecular weight is 287 g/mol. The molecule has 18 heavy (non-hydrogen) atoms. The van der Waals surface area contributed by atoms with E-state index in [2.05, 4.69) is 11.3 Å². The molecule has 0 saturated heterocycles. The summed E-state index contributed by atoms with van der Waals surface area (Å²) in [5.74, 6) is -0.474. The molecule has 98 valence electrons. The molecule has 1 rings (SSSR count). The van der Waals surface area contributed by atoms with Gasteiger partial charge in [-0.25, -0.2) is 4.79 Å². The van der Waals surface area contributed by atoms with E-state index in [1.165, 1.54) is 7.11 Å². The fourth-order valence-electron chi connectivity index (χ4n) is 1.47. The van der Waals surface area contributed by atoms with Crippen LogP contribution in [0.1, 0.15) is 13.3 Å². The minimum atomic E-state index is -1.28. The Morgan fingerprint density at radius 3 is 2.67 bits per heavy atom. The van der Waals surface area contributed by atoms with Gasteiger partial charge in [0, 0.05) is 10.8 Å². The van der Waals surface area contributed by atoms with E-state index >= 15 is 0 Å². The van der Waals surface area contributed by atoms with E-state index < -0.39 is 16.8 Å². The maximum atomic E-state index is 12.2. The van der Waals surface area contributed by atoms with Gasteiger partial charge in [-0.3, -0.25) is 4.21 Å². The molecule has 3 nitrogen and oxygen atoms in total. The van der Waals surface area contributed by atoms with Crippen LogP contribution in [0.3, 0.4) is 0 Å². The van der Waals surface area contributed by atoms with Crippen LogP contribution >= 0.6 is 11.6 Å². The largest absolute Gasteiger partial charge is 0.466 e. The molecule has 0 unspecified atom stereocenters. The quantitative estimate of drug-likeness (QED) is 0.617. The molecule has 0 aliphatic heterocycles. The Morgan fingerprint density at radius 1 is 1.50 bits per heavy atom. The molecule has 0 aliphatic carbocycles. The smallest absolute Gasteiger partial charge is 0.333 e. The van der Waals surface area contributed by atoms with E-state index in [0.29, 0.717) is 21.9 Å². The minimum Gasteiger partial charge on any atom is -0.466 e. The van der Waals surface area contributed by atoms with Crippen LogP contribution in [-0.2, 0) is 20.3 Å². The number of methoxy groups -OCH3 is 1. The van der Waals surface area contributed by atoms with Crippen molar-refractivity contribution in [1.29, 1.82) is 0 Å². The maximum absolute atomic E-state index is 12.2. The fourth-order valence-corrected chi connectivity index (χ4v) is 3.10. The van der Waals surface area contributed by atoms with Gasteiger partial charge in [-0.15, -0.1) is 0 Å². The second kappa shape index (κ2) is 6.71. The highest BCUT2D eigenvalue weighted by Crippen LogP contribution is 2.23. The Kier molecular flexibility index (Phi) is 5.56. The third-order valence-electron chi connectivity index (χ3n) is 2.43. The van der Waals surface area contributed by atoms with Crippen LogP contribution in [0.4, 0.5) is 0 Å². The van der Waals surface area contributed by atoms with Crippen molar-refractivity contribution in [2.75, 3.05) is 7.11 Å². The van der Waals surface area contributed by atoms with Crippen molar-refractivity contribution in [3.8, 4) is 0 Å². The summed E-state index contributed by atoms with van der Waals surface area (Å²) < 4.78 is 16.8. The van der Waals surface area contributed by atoms with Crippen LogP contribution in [0.25, 0.3) is 0 Å². The van der Waals surface area contributed by atoms with Crippen LogP contribution in [0, 0.1) is 0 Å². The molecule has 0 fully saturated rings. The Balaban J connectivity index is 2.77. The number of carbonyl (C=O) groups excluding carboxylic acids is 1. The lowest BCUT2D eigenvalue weighted by Crippen LogP contribution is -2.16. The average Bonchev–Trinajstić information content (AvgIpc) is 2.37. The van der Waals surface area contributed by atoms with Gasteiger partial charge < -0.3 is 4.74 Å². The van der Waals surface area contributed by atoms with E-state index in [9.17, 15) is 9.00 Å². The predicted octanol–water partition coefficient (Wildman–Crippen LogP) is 2.96. The first-order valence-electron chi connectivity index (χ1n) is 5.38. The summed E-state index contributed by atoms with van der Waals surface area (Å²) in [4.78, 5) is 11.8. The maximum Gasteiger partial charge on any atom is 0.333 e. The lowest BCUT2D eigenvalue weighted by molar-refractivity contribution is -0.136. The molecule has 0 aromatic heterocycles. The van der Waals surface area contributed by atoms with Crippen LogP contribution < -0.4 is 0 Å². The van der Waals surface area contributed by atoms with E-state index in [1.807, 2.05) is 0 Å². The van der Waals surface area contributed by atoms with Gasteiger partial charge in [0.1, 0.15) is 0 Å². The summed E-state index contributed by atoms with van der Waals surface area (Å²) in [5.41, 5.74) is 0.311. The zero-order valence-electron chi connectivity index (χ0n) is 10.3. The summed E-state index contributed by atoms with van der Waals surface area (Å²) in [6, 6.07) is 6.97. The van der Waals surface area contributed by atoms with Gasteiger partial charge in [-0.05, 0) is 18.6 Å². The van der Waals surface area contributed by atoms with Crippen molar-refractivity contribution in [2.24, 2.45) is 0 Å². The standard InChI is InChI=1S/C13H15ClO3S/c1-9(13(15)17-3)8-10(2)18(16)12-7-5-4-6-11(12)14/h4-7,10H,1,8H2,2-3H3/t10-,18+/m1/s1. The molecule has 0 N–H and O–H groups in total. The van der Waals surface area contributed by atoms with E-state index in [-0.39, 0.29) is 5.25 Å². The van der Waals surface area contributed by atoms with Crippen molar-refractivity contribution in [3.63, 3.8) is 0 Å². The van der Waals surface area contributed by atoms with E-state index in [4.69, 9.17) is 11.6 Å². The third-order valence-corrected chi connectivity index (χ3v) is 4.56. The summed E-state index contributed by atoms with van der Waals surface area (Å²) in [5, 5.41) is 0.211. The Hall–Kier alpha value is -1.13. The summed E-state index contributed by atoms with van der Waals surface area (Å²) >= 11 is 5.98. The van der Waals surface area contributed by atoms with E-state index in [1.54, 1.807) is 31.2 Å². The van der Waals surface area contributed by atoms with Crippen LogP contribution in [0.15, 0.2) is 41.3 Å². The summed E-state index contributed by atoms with van der Waals surface area (Å²) in [6.07, 6.45) is 0.310. The Bertz CT molecular complexity index is 485. The Morgan fingerprint density at radius 2 is 2.11 bits per heavy atom.